The molecule has 0 amide bonds. The third-order valence-electron chi connectivity index (χ3n) is 10.0. The Balaban J connectivity index is 1.19. The van der Waals surface area contributed by atoms with Gasteiger partial charge in [0.05, 0.1) is 28.8 Å². The van der Waals surface area contributed by atoms with Gasteiger partial charge in [0.15, 0.2) is 5.78 Å². The highest BCUT2D eigenvalue weighted by Gasteiger charge is 2.24. The van der Waals surface area contributed by atoms with E-state index in [0.717, 1.165) is 55.3 Å². The van der Waals surface area contributed by atoms with Crippen LogP contribution in [-0.2, 0) is 0 Å². The monoisotopic (exact) mass is 629 g/mol. The molecule has 4 heteroatoms. The minimum atomic E-state index is 0.00987. The van der Waals surface area contributed by atoms with Crippen molar-refractivity contribution >= 4 is 55.0 Å². The number of nitriles is 1. The van der Waals surface area contributed by atoms with Crippen LogP contribution in [0, 0.1) is 11.3 Å². The highest BCUT2D eigenvalue weighted by atomic mass is 16.1. The number of fused-ring (bicyclic) bond motifs is 6. The standard InChI is InChI=1S/C45H31N3O/c1-29(49)34-18-11-19-36(45(34)48-43-22-8-4-16-39(43)40-17-5-9-23-44(40)48)31-13-10-12-30(26-31)35-25-24-33(27-32(35)28-46)47-41-20-6-2-14-37(41)38-15-3-7-21-42(38)47/h2-26,33H,27H2,1H3. The van der Waals surface area contributed by atoms with Gasteiger partial charge in [-0.15, -0.1) is 0 Å². The Morgan fingerprint density at radius 2 is 1.18 bits per heavy atom. The number of carbonyl (C=O) groups excluding carboxylic acids is 1. The molecule has 2 heterocycles. The van der Waals surface area contributed by atoms with Crippen molar-refractivity contribution in [3.63, 3.8) is 0 Å². The number of benzene rings is 6. The second-order valence-electron chi connectivity index (χ2n) is 12.7. The van der Waals surface area contributed by atoms with Crippen molar-refractivity contribution in [2.75, 3.05) is 0 Å². The Morgan fingerprint density at radius 3 is 1.78 bits per heavy atom. The first-order valence-corrected chi connectivity index (χ1v) is 16.6. The molecule has 0 fully saturated rings. The van der Waals surface area contributed by atoms with E-state index in [1.165, 1.54) is 21.8 Å². The number of nitrogens with zero attached hydrogens (tertiary/aromatic N) is 3. The lowest BCUT2D eigenvalue weighted by Gasteiger charge is -2.23. The Hall–Kier alpha value is -6.44. The fourth-order valence-corrected chi connectivity index (χ4v) is 7.88. The van der Waals surface area contributed by atoms with E-state index in [1.807, 2.05) is 24.3 Å². The number of ketones is 1. The predicted octanol–water partition coefficient (Wildman–Crippen LogP) is 11.2. The summed E-state index contributed by atoms with van der Waals surface area (Å²) >= 11 is 0. The summed E-state index contributed by atoms with van der Waals surface area (Å²) in [5.41, 5.74) is 10.6. The highest BCUT2D eigenvalue weighted by Crippen LogP contribution is 2.41. The van der Waals surface area contributed by atoms with Crippen LogP contribution in [0.15, 0.2) is 157 Å². The molecule has 0 N–H and O–H groups in total. The number of hydrogen-bond acceptors (Lipinski definition) is 2. The Labute approximate surface area is 284 Å². The summed E-state index contributed by atoms with van der Waals surface area (Å²) < 4.78 is 4.61. The van der Waals surface area contributed by atoms with Crippen LogP contribution in [0.4, 0.5) is 0 Å². The van der Waals surface area contributed by atoms with Gasteiger partial charge in [0, 0.05) is 55.7 Å². The quantitative estimate of drug-likeness (QED) is 0.178. The molecule has 8 aromatic rings. The average molecular weight is 630 g/mol. The maximum atomic E-state index is 13.2. The van der Waals surface area contributed by atoms with E-state index in [1.54, 1.807) is 6.92 Å². The van der Waals surface area contributed by atoms with Gasteiger partial charge in [-0.25, -0.2) is 0 Å². The zero-order valence-corrected chi connectivity index (χ0v) is 27.0. The van der Waals surface area contributed by atoms with Crippen molar-refractivity contribution in [2.45, 2.75) is 19.4 Å². The van der Waals surface area contributed by atoms with Crippen molar-refractivity contribution in [3.05, 3.63) is 168 Å². The van der Waals surface area contributed by atoms with Crippen LogP contribution in [-0.4, -0.2) is 14.9 Å². The third kappa shape index (κ3) is 4.47. The van der Waals surface area contributed by atoms with Crippen LogP contribution in [0.1, 0.15) is 35.3 Å². The third-order valence-corrected chi connectivity index (χ3v) is 10.0. The lowest BCUT2D eigenvalue weighted by molar-refractivity contribution is 0.101. The molecule has 1 atom stereocenters. The summed E-state index contributed by atoms with van der Waals surface area (Å²) in [5.74, 6) is 0.00987. The maximum Gasteiger partial charge on any atom is 0.161 e. The van der Waals surface area contributed by atoms with E-state index in [9.17, 15) is 10.1 Å². The van der Waals surface area contributed by atoms with E-state index in [-0.39, 0.29) is 11.8 Å². The van der Waals surface area contributed by atoms with Crippen molar-refractivity contribution < 1.29 is 4.79 Å². The van der Waals surface area contributed by atoms with E-state index in [4.69, 9.17) is 0 Å². The number of carbonyl (C=O) groups is 1. The van der Waals surface area contributed by atoms with E-state index in [0.29, 0.717) is 12.0 Å². The molecule has 0 bridgehead atoms. The van der Waals surface area contributed by atoms with Gasteiger partial charge in [0.1, 0.15) is 0 Å². The van der Waals surface area contributed by atoms with E-state index in [2.05, 4.69) is 143 Å². The van der Waals surface area contributed by atoms with Gasteiger partial charge < -0.3 is 9.13 Å². The smallest absolute Gasteiger partial charge is 0.161 e. The van der Waals surface area contributed by atoms with Crippen LogP contribution < -0.4 is 0 Å². The number of rotatable bonds is 5. The van der Waals surface area contributed by atoms with Gasteiger partial charge in [0.2, 0.25) is 0 Å². The molecule has 4 nitrogen and oxygen atoms in total. The lowest BCUT2D eigenvalue weighted by atomic mass is 9.88. The van der Waals surface area contributed by atoms with Gasteiger partial charge in [-0.05, 0) is 60.0 Å². The molecule has 1 unspecified atom stereocenters. The zero-order valence-electron chi connectivity index (χ0n) is 27.0. The molecule has 0 spiro atoms. The molecule has 6 aromatic carbocycles. The van der Waals surface area contributed by atoms with Crippen LogP contribution in [0.3, 0.4) is 0 Å². The number of aromatic nitrogens is 2. The molecule has 1 aliphatic carbocycles. The van der Waals surface area contributed by atoms with Gasteiger partial charge >= 0.3 is 0 Å². The normalized spacial score (nSPS) is 14.7. The highest BCUT2D eigenvalue weighted by molar-refractivity contribution is 6.12. The summed E-state index contributed by atoms with van der Waals surface area (Å²) in [7, 11) is 0. The van der Waals surface area contributed by atoms with Crippen molar-refractivity contribution in [1.29, 1.82) is 5.26 Å². The number of hydrogen-bond donors (Lipinski definition) is 0. The van der Waals surface area contributed by atoms with E-state index >= 15 is 0 Å². The molecule has 0 saturated carbocycles. The topological polar surface area (TPSA) is 50.7 Å². The maximum absolute atomic E-state index is 13.2. The zero-order chi connectivity index (χ0) is 33.1. The predicted molar refractivity (Wildman–Crippen MR) is 201 cm³/mol. The molecular weight excluding hydrogens is 599 g/mol. The lowest BCUT2D eigenvalue weighted by Crippen LogP contribution is -2.11. The van der Waals surface area contributed by atoms with Crippen LogP contribution in [0.5, 0.6) is 0 Å². The van der Waals surface area contributed by atoms with Crippen LogP contribution >= 0.6 is 0 Å². The Bertz CT molecular complexity index is 2640. The second-order valence-corrected chi connectivity index (χ2v) is 12.7. The van der Waals surface area contributed by atoms with Crippen LogP contribution in [0.2, 0.25) is 0 Å². The van der Waals surface area contributed by atoms with Gasteiger partial charge in [-0.3, -0.25) is 4.79 Å². The van der Waals surface area contributed by atoms with Crippen LogP contribution in [0.25, 0.3) is 66.0 Å². The van der Waals surface area contributed by atoms with Crippen molar-refractivity contribution in [1.82, 2.24) is 9.13 Å². The Morgan fingerprint density at radius 1 is 0.653 bits per heavy atom. The molecule has 49 heavy (non-hydrogen) atoms. The molecule has 0 radical (unpaired) electrons. The number of Topliss-reactive ketones (excluding diaryl/α,β-unsaturated/α-hetero) is 1. The molecule has 232 valence electrons. The summed E-state index contributed by atoms with van der Waals surface area (Å²) in [6.45, 7) is 1.64. The van der Waals surface area contributed by atoms with Crippen molar-refractivity contribution in [2.24, 2.45) is 0 Å². The first-order chi connectivity index (χ1) is 24.1. The second kappa shape index (κ2) is 11.4. The SMILES string of the molecule is CC(=O)c1cccc(-c2cccc(C3=C(C#N)CC(n4c5ccccc5c5ccccc54)C=C3)c2)c1-n1c2ccccc2c2ccccc21. The first-order valence-electron chi connectivity index (χ1n) is 16.6. The summed E-state index contributed by atoms with van der Waals surface area (Å²) in [6, 6.07) is 50.7. The molecule has 2 aromatic heterocycles. The van der Waals surface area contributed by atoms with Gasteiger partial charge in [-0.2, -0.15) is 5.26 Å². The summed E-state index contributed by atoms with van der Waals surface area (Å²) in [5, 5.41) is 15.3. The fraction of sp³-hybridized carbons (Fsp3) is 0.0667. The van der Waals surface area contributed by atoms with Gasteiger partial charge in [-0.1, -0.05) is 115 Å². The largest absolute Gasteiger partial charge is 0.333 e. The average Bonchev–Trinajstić information content (AvgIpc) is 3.67. The number of para-hydroxylation sites is 5. The molecule has 0 saturated heterocycles. The molecular formula is C45H31N3O. The van der Waals surface area contributed by atoms with Crippen molar-refractivity contribution in [3.8, 4) is 22.9 Å². The minimum Gasteiger partial charge on any atom is -0.333 e. The van der Waals surface area contributed by atoms with E-state index < -0.39 is 0 Å². The Kier molecular flexibility index (Phi) is 6.67. The molecule has 1 aliphatic rings. The minimum absolute atomic E-state index is 0.00987. The van der Waals surface area contributed by atoms with Gasteiger partial charge in [0.25, 0.3) is 0 Å². The summed E-state index contributed by atoms with van der Waals surface area (Å²) in [6.07, 6.45) is 4.96. The molecule has 9 rings (SSSR count). The molecule has 0 aliphatic heterocycles. The fourth-order valence-electron chi connectivity index (χ4n) is 7.88. The summed E-state index contributed by atoms with van der Waals surface area (Å²) in [4.78, 5) is 13.2. The number of allylic oxidation sites excluding steroid dienone is 4. The first kappa shape index (κ1) is 28.8.